The van der Waals surface area contributed by atoms with E-state index in [1.165, 1.54) is 6.21 Å². The number of amides is 2. The summed E-state index contributed by atoms with van der Waals surface area (Å²) in [5.74, 6) is 1.07. The van der Waals surface area contributed by atoms with Crippen molar-refractivity contribution in [3.63, 3.8) is 0 Å². The van der Waals surface area contributed by atoms with Gasteiger partial charge in [0.1, 0.15) is 5.75 Å². The lowest BCUT2D eigenvalue weighted by Gasteiger charge is -2.05. The summed E-state index contributed by atoms with van der Waals surface area (Å²) in [4.78, 5) is 24.0. The molecule has 2 aromatic rings. The molecule has 0 radical (unpaired) electrons. The Kier molecular flexibility index (Phi) is 7.05. The van der Waals surface area contributed by atoms with Gasteiger partial charge in [-0.2, -0.15) is 5.10 Å². The van der Waals surface area contributed by atoms with E-state index in [1.807, 2.05) is 24.3 Å². The van der Waals surface area contributed by atoms with E-state index in [-0.39, 0.29) is 19.2 Å². The molecule has 0 unspecified atom stereocenters. The number of fused-ring (bicyclic) bond motifs is 1. The molecule has 0 bridgehead atoms. The van der Waals surface area contributed by atoms with Gasteiger partial charge in [0.2, 0.25) is 6.79 Å². The summed E-state index contributed by atoms with van der Waals surface area (Å²) < 4.78 is 16.0. The average Bonchev–Trinajstić information content (AvgIpc) is 3.21. The van der Waals surface area contributed by atoms with Gasteiger partial charge in [0.25, 0.3) is 11.8 Å². The Morgan fingerprint density at radius 1 is 1.14 bits per heavy atom. The van der Waals surface area contributed by atoms with Crippen LogP contribution in [0.1, 0.15) is 35.7 Å². The Morgan fingerprint density at radius 2 is 1.93 bits per heavy atom. The van der Waals surface area contributed by atoms with Gasteiger partial charge >= 0.3 is 0 Å². The minimum atomic E-state index is -0.435. The maximum atomic E-state index is 12.1. The second-order valence-electron chi connectivity index (χ2n) is 6.31. The molecule has 1 aliphatic rings. The third-order valence-electron chi connectivity index (χ3n) is 4.09. The summed E-state index contributed by atoms with van der Waals surface area (Å²) in [6.45, 7) is 2.74. The Labute approximate surface area is 168 Å². The van der Waals surface area contributed by atoms with Gasteiger partial charge in [-0.1, -0.05) is 13.3 Å². The Bertz CT molecular complexity index is 880. The quantitative estimate of drug-likeness (QED) is 0.385. The number of rotatable bonds is 9. The van der Waals surface area contributed by atoms with Crippen molar-refractivity contribution in [1.29, 1.82) is 0 Å². The van der Waals surface area contributed by atoms with E-state index in [0.717, 1.165) is 24.2 Å². The van der Waals surface area contributed by atoms with Crippen LogP contribution < -0.4 is 25.0 Å². The van der Waals surface area contributed by atoms with Gasteiger partial charge in [0, 0.05) is 5.56 Å². The molecule has 29 heavy (non-hydrogen) atoms. The van der Waals surface area contributed by atoms with E-state index in [1.54, 1.807) is 18.2 Å². The van der Waals surface area contributed by atoms with Crippen LogP contribution in [-0.4, -0.2) is 38.0 Å². The van der Waals surface area contributed by atoms with E-state index in [4.69, 9.17) is 14.2 Å². The summed E-state index contributed by atoms with van der Waals surface area (Å²) >= 11 is 0. The van der Waals surface area contributed by atoms with E-state index in [0.29, 0.717) is 23.7 Å². The first kappa shape index (κ1) is 20.2. The third-order valence-corrected chi connectivity index (χ3v) is 4.09. The van der Waals surface area contributed by atoms with Gasteiger partial charge < -0.3 is 19.5 Å². The summed E-state index contributed by atoms with van der Waals surface area (Å²) in [5.41, 5.74) is 3.57. The zero-order valence-corrected chi connectivity index (χ0v) is 16.1. The standard InChI is InChI=1S/C21H23N3O5/c1-2-3-10-27-17-7-4-15(5-8-17)12-23-24-20(25)13-22-21(26)16-6-9-18-19(11-16)29-14-28-18/h4-9,11-12H,2-3,10,13-14H2,1H3,(H,22,26)(H,24,25). The molecule has 152 valence electrons. The van der Waals surface area contributed by atoms with Crippen LogP contribution in [0.5, 0.6) is 17.2 Å². The van der Waals surface area contributed by atoms with Crippen LogP contribution in [0.3, 0.4) is 0 Å². The van der Waals surface area contributed by atoms with Crippen LogP contribution in [0.4, 0.5) is 0 Å². The van der Waals surface area contributed by atoms with Crippen LogP contribution in [-0.2, 0) is 4.79 Å². The molecule has 2 amide bonds. The molecule has 0 saturated heterocycles. The fourth-order valence-corrected chi connectivity index (χ4v) is 2.50. The predicted molar refractivity (Wildman–Crippen MR) is 107 cm³/mol. The number of nitrogens with one attached hydrogen (secondary N) is 2. The molecule has 0 aromatic heterocycles. The Morgan fingerprint density at radius 3 is 2.72 bits per heavy atom. The van der Waals surface area contributed by atoms with E-state index in [9.17, 15) is 9.59 Å². The summed E-state index contributed by atoms with van der Waals surface area (Å²) in [7, 11) is 0. The van der Waals surface area contributed by atoms with E-state index >= 15 is 0 Å². The number of carbonyl (C=O) groups excluding carboxylic acids is 2. The minimum absolute atomic E-state index is 0.134. The third kappa shape index (κ3) is 5.97. The second kappa shape index (κ2) is 10.1. The lowest BCUT2D eigenvalue weighted by atomic mass is 10.2. The molecular formula is C21H23N3O5. The molecule has 8 nitrogen and oxygen atoms in total. The highest BCUT2D eigenvalue weighted by Crippen LogP contribution is 2.32. The van der Waals surface area contributed by atoms with Crippen molar-refractivity contribution in [2.24, 2.45) is 5.10 Å². The van der Waals surface area contributed by atoms with Gasteiger partial charge in [0.05, 0.1) is 19.4 Å². The van der Waals surface area contributed by atoms with Crippen LogP contribution in [0.2, 0.25) is 0 Å². The first-order valence-corrected chi connectivity index (χ1v) is 9.38. The van der Waals surface area contributed by atoms with Crippen molar-refractivity contribution in [3.8, 4) is 17.2 Å². The highest BCUT2D eigenvalue weighted by Gasteiger charge is 2.16. The van der Waals surface area contributed by atoms with Crippen LogP contribution >= 0.6 is 0 Å². The van der Waals surface area contributed by atoms with Gasteiger partial charge in [-0.3, -0.25) is 9.59 Å². The van der Waals surface area contributed by atoms with Gasteiger partial charge in [0.15, 0.2) is 11.5 Å². The number of benzene rings is 2. The van der Waals surface area contributed by atoms with Crippen molar-refractivity contribution < 1.29 is 23.8 Å². The smallest absolute Gasteiger partial charge is 0.259 e. The summed E-state index contributed by atoms with van der Waals surface area (Å²) in [6, 6.07) is 12.2. The Hall–Kier alpha value is -3.55. The molecular weight excluding hydrogens is 374 g/mol. The van der Waals surface area contributed by atoms with Crippen LogP contribution in [0, 0.1) is 0 Å². The molecule has 2 N–H and O–H groups in total. The van der Waals surface area contributed by atoms with Gasteiger partial charge in [-0.05, 0) is 54.4 Å². The van der Waals surface area contributed by atoms with Crippen molar-refractivity contribution in [2.45, 2.75) is 19.8 Å². The number of carbonyl (C=O) groups is 2. The zero-order valence-electron chi connectivity index (χ0n) is 16.1. The van der Waals surface area contributed by atoms with E-state index < -0.39 is 5.91 Å². The maximum Gasteiger partial charge on any atom is 0.259 e. The van der Waals surface area contributed by atoms with E-state index in [2.05, 4.69) is 22.8 Å². The SMILES string of the molecule is CCCCOc1ccc(C=NNC(=O)CNC(=O)c2ccc3c(c2)OCO3)cc1. The normalized spacial score (nSPS) is 12.0. The zero-order chi connectivity index (χ0) is 20.5. The fraction of sp³-hybridized carbons (Fsp3) is 0.286. The predicted octanol–water partition coefficient (Wildman–Crippen LogP) is 2.47. The number of hydrogen-bond donors (Lipinski definition) is 2. The van der Waals surface area contributed by atoms with Crippen LogP contribution in [0.25, 0.3) is 0 Å². The maximum absolute atomic E-state index is 12.1. The molecule has 0 spiro atoms. The van der Waals surface area contributed by atoms with Crippen molar-refractivity contribution in [2.75, 3.05) is 19.9 Å². The van der Waals surface area contributed by atoms with Crippen LogP contribution in [0.15, 0.2) is 47.6 Å². The summed E-state index contributed by atoms with van der Waals surface area (Å²) in [6.07, 6.45) is 3.62. The first-order chi connectivity index (χ1) is 14.2. The average molecular weight is 397 g/mol. The topological polar surface area (TPSA) is 98.2 Å². The van der Waals surface area contributed by atoms with Gasteiger partial charge in [-0.15, -0.1) is 0 Å². The molecule has 0 aliphatic carbocycles. The number of nitrogens with zero attached hydrogens (tertiary/aromatic N) is 1. The van der Waals surface area contributed by atoms with Gasteiger partial charge in [-0.25, -0.2) is 5.43 Å². The molecule has 2 aromatic carbocycles. The summed E-state index contributed by atoms with van der Waals surface area (Å²) in [5, 5.41) is 6.42. The molecule has 3 rings (SSSR count). The molecule has 1 heterocycles. The van der Waals surface area contributed by atoms with Crippen molar-refractivity contribution >= 4 is 18.0 Å². The second-order valence-corrected chi connectivity index (χ2v) is 6.31. The largest absolute Gasteiger partial charge is 0.494 e. The number of ether oxygens (including phenoxy) is 3. The highest BCUT2D eigenvalue weighted by atomic mass is 16.7. The first-order valence-electron chi connectivity index (χ1n) is 9.38. The lowest BCUT2D eigenvalue weighted by Crippen LogP contribution is -2.34. The number of hydrazone groups is 1. The van der Waals surface area contributed by atoms with Crippen molar-refractivity contribution in [1.82, 2.24) is 10.7 Å². The fourth-order valence-electron chi connectivity index (χ4n) is 2.50. The number of unbranched alkanes of at least 4 members (excludes halogenated alkanes) is 1. The Balaban J connectivity index is 1.40. The monoisotopic (exact) mass is 397 g/mol. The molecule has 8 heteroatoms. The van der Waals surface area contributed by atoms with Crippen molar-refractivity contribution in [3.05, 3.63) is 53.6 Å². The molecule has 1 aliphatic heterocycles. The molecule has 0 saturated carbocycles. The highest BCUT2D eigenvalue weighted by molar-refractivity contribution is 5.97. The lowest BCUT2D eigenvalue weighted by molar-refractivity contribution is -0.120. The number of hydrogen-bond acceptors (Lipinski definition) is 6. The molecule has 0 fully saturated rings. The minimum Gasteiger partial charge on any atom is -0.494 e. The molecule has 0 atom stereocenters.